The Balaban J connectivity index is 2.05. The van der Waals surface area contributed by atoms with Gasteiger partial charge in [0.1, 0.15) is 17.7 Å². The molecular formula is C19H21FIN3O5. The van der Waals surface area contributed by atoms with Crippen molar-refractivity contribution >= 4 is 45.8 Å². The molecule has 3 rings (SSSR count). The highest BCUT2D eigenvalue weighted by molar-refractivity contribution is 14.1. The predicted molar refractivity (Wildman–Crippen MR) is 112 cm³/mol. The molecule has 1 amide bonds. The summed E-state index contributed by atoms with van der Waals surface area (Å²) in [6.45, 7) is 0.635. The summed E-state index contributed by atoms with van der Waals surface area (Å²) in [5, 5.41) is 32.3. The molecule has 1 aliphatic heterocycles. The van der Waals surface area contributed by atoms with Gasteiger partial charge in [-0.15, -0.1) is 0 Å². The Morgan fingerprint density at radius 2 is 2.00 bits per heavy atom. The Kier molecular flexibility index (Phi) is 6.27. The number of ketones is 1. The van der Waals surface area contributed by atoms with Gasteiger partial charge < -0.3 is 30.1 Å². The Hall–Kier alpha value is -2.02. The van der Waals surface area contributed by atoms with E-state index >= 15 is 0 Å². The lowest BCUT2D eigenvalue weighted by atomic mass is 10.1. The summed E-state index contributed by atoms with van der Waals surface area (Å²) in [6, 6.07) is 4.93. The molecule has 0 saturated carbocycles. The number of likely N-dealkylation sites (tertiary alicyclic amines) is 1. The van der Waals surface area contributed by atoms with Crippen LogP contribution >= 0.6 is 22.6 Å². The van der Waals surface area contributed by atoms with Crippen molar-refractivity contribution in [1.82, 2.24) is 9.47 Å². The van der Waals surface area contributed by atoms with Gasteiger partial charge in [-0.25, -0.2) is 4.39 Å². The number of carbonyl (C=O) groups is 2. The van der Waals surface area contributed by atoms with E-state index in [1.165, 1.54) is 29.7 Å². The van der Waals surface area contributed by atoms with E-state index in [-0.39, 0.29) is 35.1 Å². The van der Waals surface area contributed by atoms with Gasteiger partial charge >= 0.3 is 0 Å². The normalized spacial score (nSPS) is 21.5. The summed E-state index contributed by atoms with van der Waals surface area (Å²) in [5.74, 6) is -1.23. The maximum absolute atomic E-state index is 14.3. The number of β-amino-alcohol motifs (C(OH)–C–C–N with tert-alkyl or cyclic N) is 1. The second-order valence-electron chi connectivity index (χ2n) is 6.92. The maximum Gasteiger partial charge on any atom is 0.258 e. The SMILES string of the molecule is CC(=O)c1cc(C(=O)N2C[C@H](O)[C@@H](O)[C@H]2CO)c(Nc2ccc(I)cc2F)n1C. The number of Topliss-reactive ketones (excluding diaryl/α,β-unsaturated/α-hetero) is 1. The van der Waals surface area contributed by atoms with Crippen molar-refractivity contribution < 1.29 is 29.3 Å². The Bertz CT molecular complexity index is 964. The van der Waals surface area contributed by atoms with Crippen molar-refractivity contribution in [2.45, 2.75) is 25.2 Å². The zero-order valence-corrected chi connectivity index (χ0v) is 17.9. The van der Waals surface area contributed by atoms with Crippen LogP contribution in [0, 0.1) is 9.39 Å². The Morgan fingerprint density at radius 1 is 1.31 bits per heavy atom. The zero-order chi connectivity index (χ0) is 21.5. The summed E-state index contributed by atoms with van der Waals surface area (Å²) >= 11 is 1.98. The fourth-order valence-corrected chi connectivity index (χ4v) is 3.91. The van der Waals surface area contributed by atoms with Crippen LogP contribution in [-0.4, -0.2) is 67.9 Å². The van der Waals surface area contributed by atoms with Gasteiger partial charge in [0.05, 0.1) is 42.2 Å². The van der Waals surface area contributed by atoms with Crippen molar-refractivity contribution in [2.24, 2.45) is 7.05 Å². The first kappa shape index (κ1) is 21.7. The predicted octanol–water partition coefficient (Wildman–Crippen LogP) is 1.25. The fraction of sp³-hybridized carbons (Fsp3) is 0.368. The maximum atomic E-state index is 14.3. The number of nitrogens with one attached hydrogen (secondary N) is 1. The lowest BCUT2D eigenvalue weighted by Gasteiger charge is -2.24. The fourth-order valence-electron chi connectivity index (χ4n) is 3.45. The molecule has 8 nitrogen and oxygen atoms in total. The van der Waals surface area contributed by atoms with E-state index in [0.29, 0.717) is 3.57 Å². The Morgan fingerprint density at radius 3 is 2.59 bits per heavy atom. The zero-order valence-electron chi connectivity index (χ0n) is 15.8. The highest BCUT2D eigenvalue weighted by Crippen LogP contribution is 2.30. The van der Waals surface area contributed by atoms with Crippen molar-refractivity contribution in [3.63, 3.8) is 0 Å². The van der Waals surface area contributed by atoms with Crippen LogP contribution in [-0.2, 0) is 7.05 Å². The molecule has 1 saturated heterocycles. The molecule has 4 N–H and O–H groups in total. The summed E-state index contributed by atoms with van der Waals surface area (Å²) in [4.78, 5) is 26.3. The molecule has 0 unspecified atom stereocenters. The third-order valence-corrected chi connectivity index (χ3v) is 5.70. The number of aromatic nitrogens is 1. The third-order valence-electron chi connectivity index (χ3n) is 5.03. The quantitative estimate of drug-likeness (QED) is 0.351. The van der Waals surface area contributed by atoms with Crippen LogP contribution in [0.3, 0.4) is 0 Å². The molecular weight excluding hydrogens is 496 g/mol. The van der Waals surface area contributed by atoms with Gasteiger partial charge in [0.25, 0.3) is 5.91 Å². The van der Waals surface area contributed by atoms with E-state index in [9.17, 15) is 29.3 Å². The van der Waals surface area contributed by atoms with Gasteiger partial charge in [-0.3, -0.25) is 9.59 Å². The molecule has 29 heavy (non-hydrogen) atoms. The van der Waals surface area contributed by atoms with Gasteiger partial charge in [-0.05, 0) is 46.9 Å². The molecule has 1 fully saturated rings. The number of carbonyl (C=O) groups excluding carboxylic acids is 2. The van der Waals surface area contributed by atoms with E-state index in [0.717, 1.165) is 4.90 Å². The van der Waals surface area contributed by atoms with Crippen molar-refractivity contribution in [1.29, 1.82) is 0 Å². The van der Waals surface area contributed by atoms with Crippen molar-refractivity contribution in [3.8, 4) is 0 Å². The minimum atomic E-state index is -1.29. The highest BCUT2D eigenvalue weighted by atomic mass is 127. The summed E-state index contributed by atoms with van der Waals surface area (Å²) < 4.78 is 16.5. The largest absolute Gasteiger partial charge is 0.394 e. The second-order valence-corrected chi connectivity index (χ2v) is 8.17. The summed E-state index contributed by atoms with van der Waals surface area (Å²) in [6.07, 6.45) is -2.48. The average Bonchev–Trinajstić information content (AvgIpc) is 3.14. The van der Waals surface area contributed by atoms with Gasteiger partial charge in [0, 0.05) is 17.5 Å². The molecule has 3 atom stereocenters. The minimum Gasteiger partial charge on any atom is -0.394 e. The molecule has 0 radical (unpaired) electrons. The lowest BCUT2D eigenvalue weighted by Crippen LogP contribution is -2.42. The van der Waals surface area contributed by atoms with Crippen LogP contribution in [0.15, 0.2) is 24.3 Å². The van der Waals surface area contributed by atoms with Crippen LogP contribution in [0.1, 0.15) is 27.8 Å². The first-order valence-electron chi connectivity index (χ1n) is 8.86. The number of hydrogen-bond acceptors (Lipinski definition) is 6. The van der Waals surface area contributed by atoms with Crippen LogP contribution in [0.2, 0.25) is 0 Å². The Labute approximate surface area is 180 Å². The van der Waals surface area contributed by atoms with E-state index in [1.807, 2.05) is 22.6 Å². The monoisotopic (exact) mass is 517 g/mol. The number of benzene rings is 1. The summed E-state index contributed by atoms with van der Waals surface area (Å²) in [5.41, 5.74) is 0.411. The average molecular weight is 517 g/mol. The lowest BCUT2D eigenvalue weighted by molar-refractivity contribution is 0.0211. The van der Waals surface area contributed by atoms with E-state index < -0.39 is 36.6 Å². The number of halogens is 2. The van der Waals surface area contributed by atoms with Gasteiger partial charge in [0.15, 0.2) is 5.78 Å². The van der Waals surface area contributed by atoms with E-state index in [1.54, 1.807) is 13.1 Å². The number of rotatable bonds is 5. The first-order valence-corrected chi connectivity index (χ1v) is 9.94. The molecule has 156 valence electrons. The van der Waals surface area contributed by atoms with Gasteiger partial charge in [0.2, 0.25) is 0 Å². The number of hydrogen-bond donors (Lipinski definition) is 4. The van der Waals surface area contributed by atoms with E-state index in [4.69, 9.17) is 0 Å². The molecule has 1 aromatic carbocycles. The molecule has 1 aromatic heterocycles. The number of amides is 1. The van der Waals surface area contributed by atoms with Crippen LogP contribution in [0.5, 0.6) is 0 Å². The smallest absolute Gasteiger partial charge is 0.258 e. The number of anilines is 2. The van der Waals surface area contributed by atoms with E-state index in [2.05, 4.69) is 5.32 Å². The first-order chi connectivity index (χ1) is 13.6. The molecule has 0 bridgehead atoms. The standard InChI is InChI=1S/C19H21FIN3O5/c1-9(26)14-6-11(19(29)24-7-16(27)17(28)15(24)8-25)18(23(14)2)22-13-4-3-10(21)5-12(13)20/h3-6,15-17,22,25,27-28H,7-8H2,1-2H3/t15-,16+,17+/m1/s1. The molecule has 1 aliphatic rings. The number of aliphatic hydroxyl groups excluding tert-OH is 3. The molecule has 0 spiro atoms. The van der Waals surface area contributed by atoms with Crippen LogP contribution in [0.4, 0.5) is 15.9 Å². The van der Waals surface area contributed by atoms with Crippen LogP contribution < -0.4 is 5.32 Å². The van der Waals surface area contributed by atoms with Gasteiger partial charge in [-0.2, -0.15) is 0 Å². The number of aliphatic hydroxyl groups is 3. The molecule has 10 heteroatoms. The van der Waals surface area contributed by atoms with Crippen LogP contribution in [0.25, 0.3) is 0 Å². The van der Waals surface area contributed by atoms with Crippen molar-refractivity contribution in [2.75, 3.05) is 18.5 Å². The molecule has 2 aromatic rings. The topological polar surface area (TPSA) is 115 Å². The minimum absolute atomic E-state index is 0.0652. The van der Waals surface area contributed by atoms with Crippen molar-refractivity contribution in [3.05, 3.63) is 44.9 Å². The summed E-state index contributed by atoms with van der Waals surface area (Å²) in [7, 11) is 1.57. The molecule has 2 heterocycles. The van der Waals surface area contributed by atoms with Gasteiger partial charge in [-0.1, -0.05) is 0 Å². The highest BCUT2D eigenvalue weighted by Gasteiger charge is 2.43. The number of nitrogens with zero attached hydrogens (tertiary/aromatic N) is 2. The third kappa shape index (κ3) is 4.02. The second kappa shape index (κ2) is 8.38. The molecule has 0 aliphatic carbocycles.